The summed E-state index contributed by atoms with van der Waals surface area (Å²) in [6.07, 6.45) is 7.54. The second-order valence-electron chi connectivity index (χ2n) is 18.8. The van der Waals surface area contributed by atoms with Crippen LogP contribution in [0.3, 0.4) is 0 Å². The number of hydrogen-bond acceptors (Lipinski definition) is 14. The van der Waals surface area contributed by atoms with Gasteiger partial charge >= 0.3 is 5.97 Å². The highest BCUT2D eigenvalue weighted by Gasteiger charge is 2.60. The predicted molar refractivity (Wildman–Crippen MR) is 223 cm³/mol. The Morgan fingerprint density at radius 1 is 0.852 bits per heavy atom. The number of fused-ring (bicyclic) bond motifs is 2. The molecule has 6 heterocycles. The van der Waals surface area contributed by atoms with Crippen LogP contribution < -0.4 is 0 Å². The fraction of sp³-hybridized carbons (Fsp3) is 0.766. The highest BCUT2D eigenvalue weighted by Crippen LogP contribution is 2.47. The lowest BCUT2D eigenvalue weighted by molar-refractivity contribution is -0.318. The van der Waals surface area contributed by atoms with E-state index < -0.39 is 90.8 Å². The van der Waals surface area contributed by atoms with Crippen molar-refractivity contribution in [3.05, 3.63) is 59.3 Å². The van der Waals surface area contributed by atoms with Gasteiger partial charge in [0.15, 0.2) is 18.4 Å². The molecule has 3 N–H and O–H groups in total. The van der Waals surface area contributed by atoms with Crippen LogP contribution in [0, 0.1) is 23.7 Å². The molecule has 0 aromatic heterocycles. The Morgan fingerprint density at radius 2 is 1.56 bits per heavy atom. The van der Waals surface area contributed by atoms with Gasteiger partial charge in [-0.25, -0.2) is 0 Å². The summed E-state index contributed by atoms with van der Waals surface area (Å²) in [6, 6.07) is 0. The van der Waals surface area contributed by atoms with Gasteiger partial charge in [0.1, 0.15) is 42.0 Å². The van der Waals surface area contributed by atoms with Crippen molar-refractivity contribution in [2.24, 2.45) is 23.7 Å². The fourth-order valence-electron chi connectivity index (χ4n) is 10.4. The van der Waals surface area contributed by atoms with Gasteiger partial charge in [-0.1, -0.05) is 64.2 Å². The minimum Gasteiger partial charge on any atom is -0.462 e. The van der Waals surface area contributed by atoms with Crippen LogP contribution in [0.1, 0.15) is 87.5 Å². The van der Waals surface area contributed by atoms with Crippen molar-refractivity contribution >= 4 is 5.97 Å². The molecule has 14 heteroatoms. The molecule has 6 aliphatic heterocycles. The minimum absolute atomic E-state index is 0.0313. The van der Waals surface area contributed by atoms with Crippen molar-refractivity contribution in [2.45, 2.75) is 185 Å². The Balaban J connectivity index is 1.18. The second-order valence-corrected chi connectivity index (χ2v) is 18.8. The molecule has 0 unspecified atom stereocenters. The number of hydrogen-bond donors (Lipinski definition) is 3. The molecule has 2 bridgehead atoms. The first-order valence-electron chi connectivity index (χ1n) is 22.3. The molecule has 61 heavy (non-hydrogen) atoms. The number of ether oxygens (including phenoxy) is 10. The zero-order valence-electron chi connectivity index (χ0n) is 37.5. The van der Waals surface area contributed by atoms with Crippen molar-refractivity contribution in [1.29, 1.82) is 0 Å². The smallest absolute Gasteiger partial charge is 0.316 e. The van der Waals surface area contributed by atoms with Crippen LogP contribution in [0.5, 0.6) is 0 Å². The van der Waals surface area contributed by atoms with Gasteiger partial charge in [-0.2, -0.15) is 0 Å². The van der Waals surface area contributed by atoms with Crippen LogP contribution in [0.2, 0.25) is 0 Å². The van der Waals surface area contributed by atoms with E-state index in [0.29, 0.717) is 43.3 Å². The largest absolute Gasteiger partial charge is 0.462 e. The molecule has 19 atom stereocenters. The van der Waals surface area contributed by atoms with E-state index in [9.17, 15) is 20.1 Å². The van der Waals surface area contributed by atoms with E-state index in [1.807, 2.05) is 32.1 Å². The highest BCUT2D eigenvalue weighted by atomic mass is 16.7. The lowest BCUT2D eigenvalue weighted by atomic mass is 9.71. The van der Waals surface area contributed by atoms with E-state index in [2.05, 4.69) is 39.8 Å². The third kappa shape index (κ3) is 9.58. The van der Waals surface area contributed by atoms with Crippen molar-refractivity contribution < 1.29 is 67.5 Å². The lowest BCUT2D eigenvalue weighted by Gasteiger charge is -2.48. The summed E-state index contributed by atoms with van der Waals surface area (Å²) in [7, 11) is 3.22. The quantitative estimate of drug-likeness (QED) is 0.231. The summed E-state index contributed by atoms with van der Waals surface area (Å²) in [5, 5.41) is 34.2. The fourth-order valence-corrected chi connectivity index (χ4v) is 10.4. The summed E-state index contributed by atoms with van der Waals surface area (Å²) in [6.45, 7) is 16.0. The molecule has 1 aliphatic carbocycles. The van der Waals surface area contributed by atoms with E-state index >= 15 is 0 Å². The highest BCUT2D eigenvalue weighted by molar-refractivity contribution is 5.78. The van der Waals surface area contributed by atoms with Crippen LogP contribution in [-0.2, 0) is 52.2 Å². The molecule has 14 nitrogen and oxygen atoms in total. The normalized spacial score (nSPS) is 49.3. The summed E-state index contributed by atoms with van der Waals surface area (Å²) >= 11 is 0. The molecule has 0 aromatic carbocycles. The third-order valence-electron chi connectivity index (χ3n) is 14.0. The first kappa shape index (κ1) is 46.7. The molecule has 7 rings (SSSR count). The number of aliphatic hydroxyl groups excluding tert-OH is 2. The zero-order chi connectivity index (χ0) is 44.0. The Kier molecular flexibility index (Phi) is 14.6. The zero-order valence-corrected chi connectivity index (χ0v) is 37.5. The Hall–Kier alpha value is -2.31. The molecule has 0 radical (unpaired) electrons. The van der Waals surface area contributed by atoms with Crippen LogP contribution in [0.25, 0.3) is 0 Å². The molecule has 4 saturated heterocycles. The van der Waals surface area contributed by atoms with Crippen LogP contribution in [-0.4, -0.2) is 139 Å². The van der Waals surface area contributed by atoms with Gasteiger partial charge in [-0.05, 0) is 62.8 Å². The van der Waals surface area contributed by atoms with E-state index in [0.717, 1.165) is 5.57 Å². The van der Waals surface area contributed by atoms with Gasteiger partial charge in [-0.3, -0.25) is 4.79 Å². The first-order chi connectivity index (χ1) is 29.0. The summed E-state index contributed by atoms with van der Waals surface area (Å²) < 4.78 is 63.5. The molecular formula is C47H70O14. The number of rotatable bonds is 7. The third-order valence-corrected chi connectivity index (χ3v) is 14.0. The van der Waals surface area contributed by atoms with Crippen molar-refractivity contribution in [3.8, 4) is 0 Å². The topological polar surface area (TPSA) is 170 Å². The molecule has 0 amide bonds. The van der Waals surface area contributed by atoms with Crippen molar-refractivity contribution in [1.82, 2.24) is 0 Å². The average molecular weight is 859 g/mol. The minimum atomic E-state index is -1.83. The lowest BCUT2D eigenvalue weighted by Crippen LogP contribution is -2.58. The van der Waals surface area contributed by atoms with Gasteiger partial charge in [0.05, 0.1) is 49.3 Å². The van der Waals surface area contributed by atoms with Crippen LogP contribution in [0.4, 0.5) is 0 Å². The average Bonchev–Trinajstić information content (AvgIpc) is 3.56. The molecule has 1 spiro atoms. The maximum absolute atomic E-state index is 14.3. The van der Waals surface area contributed by atoms with Crippen LogP contribution in [0.15, 0.2) is 59.3 Å². The van der Waals surface area contributed by atoms with E-state index in [-0.39, 0.29) is 42.7 Å². The summed E-state index contributed by atoms with van der Waals surface area (Å²) in [4.78, 5) is 14.3. The standard InChI is InChI=1S/C47H70O14/c1-24(2)41-27(5)16-17-46(61-41)22-33-19-32(60-46)15-14-26(4)42(25(3)12-11-13-31-23-54-44-39(48)28(6)18-34(45(50)57-33)47(31,44)51)58-38-21-36(53-10)43(30(8)56-38)59-37-20-35(52-9)40(49)29(7)55-37/h11-14,16-18,24-25,27,29-30,32-44,48-49,51H,15,19-23H2,1-10H3/b12-11+,26-14+,31-13+/t25-,27-,29+,30-,32+,33-,34-,35+,36-,37-,38-,39+,40+,41+,42-,43-,44+,46+,47+/m0/s1. The van der Waals surface area contributed by atoms with Crippen molar-refractivity contribution in [3.63, 3.8) is 0 Å². The molecule has 7 aliphatic rings. The van der Waals surface area contributed by atoms with Gasteiger partial charge in [-0.15, -0.1) is 0 Å². The van der Waals surface area contributed by atoms with Gasteiger partial charge in [0.2, 0.25) is 0 Å². The Labute approximate surface area is 361 Å². The summed E-state index contributed by atoms with van der Waals surface area (Å²) in [5.41, 5.74) is 0.129. The number of allylic oxidation sites excluding steroid dienone is 2. The maximum Gasteiger partial charge on any atom is 0.316 e. The molecule has 0 aromatic rings. The number of carbonyl (C=O) groups excluding carboxylic acids is 1. The first-order valence-corrected chi connectivity index (χ1v) is 22.3. The number of carbonyl (C=O) groups is 1. The number of aliphatic hydroxyl groups is 3. The van der Waals surface area contributed by atoms with Gasteiger partial charge < -0.3 is 62.7 Å². The SMILES string of the molecule is CO[C@H]1C[C@H](O[C@@H]2/C(C)=C/C[C@@H]3C[C@@H](C[C@]4(C=C[C@H](C)[C@@H](C(C)C)O4)O3)OC(=O)[C@@H]3C=C(C)[C@@H](O)[C@H]4OC/C(=C\C=C\[C@@H]2C)[C@]43O)O[C@@H](C)[C@@H]1O[C@H]1C[C@@H](OC)[C@H](O)[C@@H](C)O1. The second kappa shape index (κ2) is 19.0. The summed E-state index contributed by atoms with van der Waals surface area (Å²) in [5.74, 6) is -2.62. The molecule has 0 saturated carbocycles. The molecular weight excluding hydrogens is 789 g/mol. The van der Waals surface area contributed by atoms with Gasteiger partial charge in [0, 0.05) is 51.7 Å². The van der Waals surface area contributed by atoms with E-state index in [1.54, 1.807) is 40.2 Å². The predicted octanol–water partition coefficient (Wildman–Crippen LogP) is 4.99. The maximum atomic E-state index is 14.3. The Morgan fingerprint density at radius 3 is 2.28 bits per heavy atom. The van der Waals surface area contributed by atoms with Crippen molar-refractivity contribution in [2.75, 3.05) is 20.8 Å². The van der Waals surface area contributed by atoms with Crippen LogP contribution >= 0.6 is 0 Å². The van der Waals surface area contributed by atoms with E-state index in [4.69, 9.17) is 47.4 Å². The van der Waals surface area contributed by atoms with Gasteiger partial charge in [0.25, 0.3) is 0 Å². The van der Waals surface area contributed by atoms with E-state index in [1.165, 1.54) is 0 Å². The number of esters is 1. The number of methoxy groups -OCH3 is 2. The Bertz CT molecular complexity index is 1710. The monoisotopic (exact) mass is 858 g/mol. The molecule has 342 valence electrons. The molecule has 4 fully saturated rings.